The van der Waals surface area contributed by atoms with Gasteiger partial charge >= 0.3 is 0 Å². The highest BCUT2D eigenvalue weighted by molar-refractivity contribution is 5.94. The third-order valence-corrected chi connectivity index (χ3v) is 15.4. The van der Waals surface area contributed by atoms with E-state index in [1.807, 2.05) is 0 Å². The Morgan fingerprint density at radius 3 is 2.31 bits per heavy atom. The standard InChI is InChI=1S/C59H51N2/c1-5-51-45-21-12-13-22-47(45)57-43-20-11-8-17-38(43)31-33-61(57)59(51,6-2)53-29-27-40(35-50(53)56-42-19-10-7-16-37(42)30-32-60-56)39-26-28-44-48(34-39)46-23-15-25-54-55(46)49(44)36-41-18-9-14-24-52(41)58(54,3)4/h8-15,17-35,49,51H,5-7,16,36H2,1-4H3/q+1. The summed E-state index contributed by atoms with van der Waals surface area (Å²) in [5, 5.41) is 2.57. The van der Waals surface area contributed by atoms with Gasteiger partial charge in [0.25, 0.3) is 0 Å². The van der Waals surface area contributed by atoms with E-state index in [1.54, 1.807) is 0 Å². The summed E-state index contributed by atoms with van der Waals surface area (Å²) in [4.78, 5) is 5.32. The van der Waals surface area contributed by atoms with E-state index in [9.17, 15) is 0 Å². The monoisotopic (exact) mass is 787 g/mol. The fourth-order valence-electron chi connectivity index (χ4n) is 12.7. The van der Waals surface area contributed by atoms with Crippen molar-refractivity contribution in [3.05, 3.63) is 208 Å². The van der Waals surface area contributed by atoms with Crippen molar-refractivity contribution in [3.63, 3.8) is 0 Å². The Balaban J connectivity index is 1.10. The molecule has 0 fully saturated rings. The van der Waals surface area contributed by atoms with Crippen molar-refractivity contribution < 1.29 is 4.57 Å². The molecule has 61 heavy (non-hydrogen) atoms. The molecule has 0 spiro atoms. The van der Waals surface area contributed by atoms with Crippen molar-refractivity contribution in [2.75, 3.05) is 0 Å². The molecule has 8 aromatic rings. The summed E-state index contributed by atoms with van der Waals surface area (Å²) in [7, 11) is 0. The molecule has 3 atom stereocenters. The maximum absolute atomic E-state index is 5.32. The van der Waals surface area contributed by atoms with Gasteiger partial charge in [0.1, 0.15) is 0 Å². The molecule has 3 heterocycles. The number of hydrogen-bond acceptors (Lipinski definition) is 1. The first kappa shape index (κ1) is 36.5. The second-order valence-electron chi connectivity index (χ2n) is 18.5. The SMILES string of the molecule is CCC1c2ccccc2-c2c3ccccc3cc[n+]2C1(CC)c1ccc(-c2ccc3c(c2)-c2cccc4c2C3Cc2ccccc2C4(C)C)cc1-c1nccc2c1C=CCC2. The maximum atomic E-state index is 5.32. The average molecular weight is 788 g/mol. The molecule has 0 saturated heterocycles. The van der Waals surface area contributed by atoms with Gasteiger partial charge in [-0.05, 0) is 123 Å². The van der Waals surface area contributed by atoms with Gasteiger partial charge < -0.3 is 0 Å². The first-order valence-electron chi connectivity index (χ1n) is 22.6. The molecular formula is C59H51N2+. The van der Waals surface area contributed by atoms with E-state index >= 15 is 0 Å². The van der Waals surface area contributed by atoms with Crippen LogP contribution >= 0.6 is 0 Å². The molecule has 3 aliphatic carbocycles. The molecule has 2 aromatic heterocycles. The van der Waals surface area contributed by atoms with Gasteiger partial charge in [0.05, 0.1) is 22.6 Å². The summed E-state index contributed by atoms with van der Waals surface area (Å²) in [6.07, 6.45) is 14.2. The van der Waals surface area contributed by atoms with E-state index in [4.69, 9.17) is 4.98 Å². The number of benzene rings is 6. The smallest absolute Gasteiger partial charge is 0.221 e. The highest BCUT2D eigenvalue weighted by atomic mass is 15.1. The van der Waals surface area contributed by atoms with Gasteiger partial charge in [-0.3, -0.25) is 4.98 Å². The molecular weight excluding hydrogens is 737 g/mol. The van der Waals surface area contributed by atoms with Crippen LogP contribution < -0.4 is 4.57 Å². The normalized spacial score (nSPS) is 19.9. The molecule has 3 unspecified atom stereocenters. The minimum Gasteiger partial charge on any atom is -0.256 e. The number of aromatic nitrogens is 2. The summed E-state index contributed by atoms with van der Waals surface area (Å²) >= 11 is 0. The molecule has 12 rings (SSSR count). The molecule has 4 aliphatic rings. The van der Waals surface area contributed by atoms with E-state index < -0.39 is 0 Å². The predicted molar refractivity (Wildman–Crippen MR) is 252 cm³/mol. The molecule has 0 radical (unpaired) electrons. The van der Waals surface area contributed by atoms with E-state index in [1.165, 1.54) is 99.9 Å². The topological polar surface area (TPSA) is 16.8 Å². The van der Waals surface area contributed by atoms with Crippen molar-refractivity contribution >= 4 is 16.8 Å². The zero-order valence-electron chi connectivity index (χ0n) is 35.7. The van der Waals surface area contributed by atoms with Crippen molar-refractivity contribution in [1.29, 1.82) is 0 Å². The van der Waals surface area contributed by atoms with Gasteiger partial charge in [0.2, 0.25) is 11.2 Å². The van der Waals surface area contributed by atoms with Gasteiger partial charge in [-0.15, -0.1) is 0 Å². The van der Waals surface area contributed by atoms with Crippen LogP contribution in [0.15, 0.2) is 158 Å². The summed E-state index contributed by atoms with van der Waals surface area (Å²) in [6.45, 7) is 9.63. The Morgan fingerprint density at radius 2 is 1.43 bits per heavy atom. The van der Waals surface area contributed by atoms with Gasteiger partial charge in [-0.2, -0.15) is 4.57 Å². The number of nitrogens with zero attached hydrogens (tertiary/aromatic N) is 2. The van der Waals surface area contributed by atoms with Crippen molar-refractivity contribution in [3.8, 4) is 44.8 Å². The summed E-state index contributed by atoms with van der Waals surface area (Å²) < 4.78 is 2.67. The molecule has 2 nitrogen and oxygen atoms in total. The lowest BCUT2D eigenvalue weighted by molar-refractivity contribution is -0.750. The summed E-state index contributed by atoms with van der Waals surface area (Å²) in [5.74, 6) is 0.600. The Kier molecular flexibility index (Phi) is 8.11. The van der Waals surface area contributed by atoms with Crippen LogP contribution in [0.5, 0.6) is 0 Å². The Bertz CT molecular complexity index is 3150. The predicted octanol–water partition coefficient (Wildman–Crippen LogP) is 14.1. The zero-order chi connectivity index (χ0) is 41.0. The lowest BCUT2D eigenvalue weighted by Gasteiger charge is -2.42. The van der Waals surface area contributed by atoms with E-state index in [-0.39, 0.29) is 16.9 Å². The van der Waals surface area contributed by atoms with Crippen molar-refractivity contribution in [1.82, 2.24) is 4.98 Å². The molecule has 1 aliphatic heterocycles. The number of allylic oxidation sites excluding steroid dienone is 1. The van der Waals surface area contributed by atoms with Crippen LogP contribution in [0.2, 0.25) is 0 Å². The van der Waals surface area contributed by atoms with Crippen LogP contribution in [0.3, 0.4) is 0 Å². The quantitative estimate of drug-likeness (QED) is 0.159. The zero-order valence-corrected chi connectivity index (χ0v) is 35.7. The Morgan fingerprint density at radius 1 is 0.656 bits per heavy atom. The largest absolute Gasteiger partial charge is 0.256 e. The van der Waals surface area contributed by atoms with Crippen LogP contribution in [0, 0.1) is 0 Å². The fraction of sp³-hybridized carbons (Fsp3) is 0.220. The van der Waals surface area contributed by atoms with E-state index in [0.29, 0.717) is 5.92 Å². The summed E-state index contributed by atoms with van der Waals surface area (Å²) in [6, 6.07) is 53.7. The number of rotatable bonds is 5. The second-order valence-corrected chi connectivity index (χ2v) is 18.5. The number of pyridine rings is 2. The third-order valence-electron chi connectivity index (χ3n) is 15.4. The number of hydrogen-bond donors (Lipinski definition) is 0. The summed E-state index contributed by atoms with van der Waals surface area (Å²) in [5.41, 5.74) is 22.6. The molecule has 0 amide bonds. The molecule has 2 heteroatoms. The molecule has 296 valence electrons. The van der Waals surface area contributed by atoms with Crippen LogP contribution in [0.25, 0.3) is 61.6 Å². The third kappa shape index (κ3) is 5.09. The van der Waals surface area contributed by atoms with E-state index in [2.05, 4.69) is 196 Å². The average Bonchev–Trinajstić information content (AvgIpc) is 3.57. The molecule has 0 saturated carbocycles. The number of aryl methyl sites for hydroxylation is 1. The van der Waals surface area contributed by atoms with Crippen molar-refractivity contribution in [2.24, 2.45) is 0 Å². The molecule has 0 bridgehead atoms. The first-order chi connectivity index (χ1) is 29.9. The highest BCUT2D eigenvalue weighted by Crippen LogP contribution is 2.56. The maximum Gasteiger partial charge on any atom is 0.221 e. The molecule has 6 aromatic carbocycles. The van der Waals surface area contributed by atoms with Gasteiger partial charge in [-0.1, -0.05) is 143 Å². The lowest BCUT2D eigenvalue weighted by Crippen LogP contribution is -2.63. The van der Waals surface area contributed by atoms with Gasteiger partial charge in [0.15, 0.2) is 6.20 Å². The second kappa shape index (κ2) is 13.6. The Hall–Kier alpha value is -6.38. The van der Waals surface area contributed by atoms with Crippen LogP contribution in [-0.4, -0.2) is 4.98 Å². The van der Waals surface area contributed by atoms with Crippen LogP contribution in [-0.2, 0) is 23.8 Å². The lowest BCUT2D eigenvalue weighted by atomic mass is 9.65. The number of fused-ring (bicyclic) bond motifs is 10. The van der Waals surface area contributed by atoms with Gasteiger partial charge in [-0.25, -0.2) is 0 Å². The minimum absolute atomic E-state index is 0.0727. The van der Waals surface area contributed by atoms with Crippen LogP contribution in [0.4, 0.5) is 0 Å². The Labute approximate surface area is 360 Å². The fourth-order valence-corrected chi connectivity index (χ4v) is 12.7. The van der Waals surface area contributed by atoms with Crippen molar-refractivity contribution in [2.45, 2.75) is 82.6 Å². The first-order valence-corrected chi connectivity index (χ1v) is 22.6. The van der Waals surface area contributed by atoms with Gasteiger partial charge in [0, 0.05) is 46.7 Å². The highest BCUT2D eigenvalue weighted by Gasteiger charge is 2.54. The minimum atomic E-state index is -0.365. The van der Waals surface area contributed by atoms with Crippen LogP contribution in [0.1, 0.15) is 109 Å². The molecule has 0 N–H and O–H groups in total. The van der Waals surface area contributed by atoms with E-state index in [0.717, 1.165) is 37.8 Å².